The van der Waals surface area contributed by atoms with Crippen LogP contribution in [0.15, 0.2) is 24.3 Å². The molecule has 1 aromatic heterocycles. The minimum atomic E-state index is -0.151. The molecule has 0 bridgehead atoms. The summed E-state index contributed by atoms with van der Waals surface area (Å²) in [6, 6.07) is 7.65. The maximum Gasteiger partial charge on any atom is 0.242 e. The predicted octanol–water partition coefficient (Wildman–Crippen LogP) is 1.15. The highest BCUT2D eigenvalue weighted by atomic mass is 16.3. The van der Waals surface area contributed by atoms with Crippen LogP contribution in [0.4, 0.5) is 0 Å². The Morgan fingerprint density at radius 2 is 2.00 bits per heavy atom. The maximum atomic E-state index is 12.2. The second kappa shape index (κ2) is 5.01. The molecule has 1 aliphatic heterocycles. The molecule has 2 heterocycles. The molecule has 0 radical (unpaired) electrons. The molecule has 19 heavy (non-hydrogen) atoms. The Labute approximate surface area is 111 Å². The fraction of sp³-hybridized carbons (Fsp3) is 0.429. The fourth-order valence-corrected chi connectivity index (χ4v) is 2.62. The van der Waals surface area contributed by atoms with Gasteiger partial charge in [-0.2, -0.15) is 0 Å². The summed E-state index contributed by atoms with van der Waals surface area (Å²) in [5.74, 6) is 0.657. The molecule has 100 valence electrons. The lowest BCUT2D eigenvalue weighted by atomic mass is 10.3. The molecule has 5 nitrogen and oxygen atoms in total. The molecule has 0 atom stereocenters. The van der Waals surface area contributed by atoms with Gasteiger partial charge in [-0.25, -0.2) is 4.98 Å². The van der Waals surface area contributed by atoms with Crippen LogP contribution in [0.5, 0.6) is 0 Å². The Morgan fingerprint density at radius 3 is 2.74 bits per heavy atom. The third-order valence-electron chi connectivity index (χ3n) is 3.63. The molecule has 1 aliphatic rings. The number of aliphatic hydroxyl groups is 1. The van der Waals surface area contributed by atoms with Gasteiger partial charge in [-0.1, -0.05) is 12.1 Å². The van der Waals surface area contributed by atoms with Crippen molar-refractivity contribution in [3.8, 4) is 0 Å². The molecule has 0 unspecified atom stereocenters. The highest BCUT2D eigenvalue weighted by Crippen LogP contribution is 2.17. The minimum absolute atomic E-state index is 0.107. The average Bonchev–Trinajstić information content (AvgIpc) is 3.06. The van der Waals surface area contributed by atoms with Crippen LogP contribution in [0.2, 0.25) is 0 Å². The number of hydrogen-bond donors (Lipinski definition) is 1. The lowest BCUT2D eigenvalue weighted by Gasteiger charge is -2.16. The summed E-state index contributed by atoms with van der Waals surface area (Å²) in [6.07, 6.45) is 2.17. The van der Waals surface area contributed by atoms with Gasteiger partial charge in [0, 0.05) is 13.1 Å². The predicted molar refractivity (Wildman–Crippen MR) is 71.5 cm³/mol. The topological polar surface area (TPSA) is 58.4 Å². The van der Waals surface area contributed by atoms with E-state index in [1.165, 1.54) is 0 Å². The molecular weight excluding hydrogens is 242 g/mol. The number of aliphatic hydroxyl groups excluding tert-OH is 1. The summed E-state index contributed by atoms with van der Waals surface area (Å²) in [5, 5.41) is 9.39. The van der Waals surface area contributed by atoms with E-state index in [4.69, 9.17) is 0 Å². The van der Waals surface area contributed by atoms with Crippen molar-refractivity contribution in [2.75, 3.05) is 13.1 Å². The molecular formula is C14H17N3O2. The number of amides is 1. The van der Waals surface area contributed by atoms with Crippen molar-refractivity contribution in [1.29, 1.82) is 0 Å². The van der Waals surface area contributed by atoms with Crippen LogP contribution in [0.25, 0.3) is 11.0 Å². The quantitative estimate of drug-likeness (QED) is 0.899. The molecule has 1 fully saturated rings. The van der Waals surface area contributed by atoms with Crippen LogP contribution >= 0.6 is 0 Å². The van der Waals surface area contributed by atoms with Crippen LogP contribution in [0, 0.1) is 0 Å². The van der Waals surface area contributed by atoms with Crippen LogP contribution in [0.1, 0.15) is 18.7 Å². The van der Waals surface area contributed by atoms with Gasteiger partial charge in [0.25, 0.3) is 0 Å². The molecule has 2 aromatic rings. The van der Waals surface area contributed by atoms with Crippen molar-refractivity contribution in [2.24, 2.45) is 0 Å². The number of hydrogen-bond acceptors (Lipinski definition) is 3. The van der Waals surface area contributed by atoms with Crippen LogP contribution in [0.3, 0.4) is 0 Å². The number of carbonyl (C=O) groups is 1. The monoisotopic (exact) mass is 259 g/mol. The van der Waals surface area contributed by atoms with Crippen molar-refractivity contribution in [2.45, 2.75) is 26.0 Å². The minimum Gasteiger partial charge on any atom is -0.388 e. The van der Waals surface area contributed by atoms with Crippen molar-refractivity contribution < 1.29 is 9.90 Å². The van der Waals surface area contributed by atoms with Gasteiger partial charge in [-0.05, 0) is 25.0 Å². The van der Waals surface area contributed by atoms with E-state index in [1.807, 2.05) is 33.7 Å². The first-order valence-corrected chi connectivity index (χ1v) is 6.62. The zero-order chi connectivity index (χ0) is 13.2. The number of carbonyl (C=O) groups excluding carboxylic acids is 1. The second-order valence-electron chi connectivity index (χ2n) is 4.85. The summed E-state index contributed by atoms with van der Waals surface area (Å²) in [7, 11) is 0. The van der Waals surface area contributed by atoms with E-state index in [9.17, 15) is 9.90 Å². The van der Waals surface area contributed by atoms with Gasteiger partial charge < -0.3 is 14.6 Å². The molecule has 3 rings (SSSR count). The Bertz CT molecular complexity index is 600. The molecule has 0 spiro atoms. The van der Waals surface area contributed by atoms with E-state index in [2.05, 4.69) is 4.98 Å². The summed E-state index contributed by atoms with van der Waals surface area (Å²) >= 11 is 0. The lowest BCUT2D eigenvalue weighted by Crippen LogP contribution is -2.31. The first-order valence-electron chi connectivity index (χ1n) is 6.62. The number of imidazole rings is 1. The average molecular weight is 259 g/mol. The molecule has 1 N–H and O–H groups in total. The summed E-state index contributed by atoms with van der Waals surface area (Å²) < 4.78 is 1.82. The van der Waals surface area contributed by atoms with E-state index in [0.717, 1.165) is 37.0 Å². The maximum absolute atomic E-state index is 12.2. The number of aromatic nitrogens is 2. The number of benzene rings is 1. The van der Waals surface area contributed by atoms with E-state index >= 15 is 0 Å². The third-order valence-corrected chi connectivity index (χ3v) is 3.63. The molecule has 0 saturated carbocycles. The van der Waals surface area contributed by atoms with E-state index < -0.39 is 0 Å². The van der Waals surface area contributed by atoms with E-state index in [0.29, 0.717) is 5.82 Å². The van der Waals surface area contributed by atoms with Crippen molar-refractivity contribution in [3.05, 3.63) is 30.1 Å². The number of para-hydroxylation sites is 2. The van der Waals surface area contributed by atoms with Gasteiger partial charge >= 0.3 is 0 Å². The number of nitrogens with zero attached hydrogens (tertiary/aromatic N) is 3. The second-order valence-corrected chi connectivity index (χ2v) is 4.85. The van der Waals surface area contributed by atoms with Gasteiger partial charge in [0.1, 0.15) is 19.0 Å². The SMILES string of the molecule is O=C(Cn1c(CO)nc2ccccc21)N1CCCC1. The van der Waals surface area contributed by atoms with Gasteiger partial charge in [0.2, 0.25) is 5.91 Å². The first kappa shape index (κ1) is 12.2. The molecule has 1 amide bonds. The lowest BCUT2D eigenvalue weighted by molar-refractivity contribution is -0.130. The normalized spacial score (nSPS) is 15.3. The Kier molecular flexibility index (Phi) is 3.21. The highest BCUT2D eigenvalue weighted by molar-refractivity contribution is 5.81. The van der Waals surface area contributed by atoms with Crippen molar-refractivity contribution in [1.82, 2.24) is 14.5 Å². The zero-order valence-electron chi connectivity index (χ0n) is 10.7. The van der Waals surface area contributed by atoms with Crippen LogP contribution in [-0.4, -0.2) is 38.6 Å². The summed E-state index contributed by atoms with van der Waals surface area (Å²) in [6.45, 7) is 1.80. The largest absolute Gasteiger partial charge is 0.388 e. The van der Waals surface area contributed by atoms with E-state index in [-0.39, 0.29) is 19.1 Å². The van der Waals surface area contributed by atoms with Crippen molar-refractivity contribution in [3.63, 3.8) is 0 Å². The molecule has 1 saturated heterocycles. The van der Waals surface area contributed by atoms with Crippen LogP contribution < -0.4 is 0 Å². The third kappa shape index (κ3) is 2.21. The van der Waals surface area contributed by atoms with Gasteiger partial charge in [-0.15, -0.1) is 0 Å². The fourth-order valence-electron chi connectivity index (χ4n) is 2.62. The first-order chi connectivity index (χ1) is 9.29. The molecule has 5 heteroatoms. The van der Waals surface area contributed by atoms with Crippen molar-refractivity contribution >= 4 is 16.9 Å². The van der Waals surface area contributed by atoms with Gasteiger partial charge in [0.05, 0.1) is 11.0 Å². The van der Waals surface area contributed by atoms with Gasteiger partial charge in [0.15, 0.2) is 0 Å². The standard InChI is InChI=1S/C14H17N3O2/c18-10-13-15-11-5-1-2-6-12(11)17(13)9-14(19)16-7-3-4-8-16/h1-2,5-6,18H,3-4,7-10H2. The summed E-state index contributed by atoms with van der Waals surface area (Å²) in [4.78, 5) is 18.5. The Hall–Kier alpha value is -1.88. The number of likely N-dealkylation sites (tertiary alicyclic amines) is 1. The number of fused-ring (bicyclic) bond motifs is 1. The molecule has 0 aliphatic carbocycles. The highest BCUT2D eigenvalue weighted by Gasteiger charge is 2.20. The molecule has 1 aromatic carbocycles. The Morgan fingerprint density at radius 1 is 1.26 bits per heavy atom. The number of rotatable bonds is 3. The smallest absolute Gasteiger partial charge is 0.242 e. The van der Waals surface area contributed by atoms with Crippen LogP contribution in [-0.2, 0) is 17.9 Å². The van der Waals surface area contributed by atoms with E-state index in [1.54, 1.807) is 0 Å². The Balaban J connectivity index is 1.92. The van der Waals surface area contributed by atoms with Gasteiger partial charge in [-0.3, -0.25) is 4.79 Å². The summed E-state index contributed by atoms with van der Waals surface area (Å²) in [5.41, 5.74) is 1.72. The zero-order valence-corrected chi connectivity index (χ0v) is 10.7.